The van der Waals surface area contributed by atoms with E-state index < -0.39 is 17.8 Å². The van der Waals surface area contributed by atoms with Crippen LogP contribution >= 0.6 is 11.3 Å². The Labute approximate surface area is 133 Å². The number of carboxylic acids is 1. The molecule has 1 heterocycles. The van der Waals surface area contributed by atoms with Crippen LogP contribution in [-0.2, 0) is 22.4 Å². The van der Waals surface area contributed by atoms with E-state index in [2.05, 4.69) is 10.3 Å². The number of aryl methyl sites for hydroxylation is 2. The molecule has 2 saturated carbocycles. The lowest BCUT2D eigenvalue weighted by Gasteiger charge is -2.30. The zero-order valence-corrected chi connectivity index (χ0v) is 13.2. The first-order chi connectivity index (χ1) is 10.6. The number of fused-ring (bicyclic) bond motifs is 3. The third-order valence-electron chi connectivity index (χ3n) is 5.57. The van der Waals surface area contributed by atoms with Gasteiger partial charge < -0.3 is 15.2 Å². The average Bonchev–Trinajstić information content (AvgIpc) is 3.19. The lowest BCUT2D eigenvalue weighted by molar-refractivity contribution is -0.314. The van der Waals surface area contributed by atoms with E-state index in [-0.39, 0.29) is 17.7 Å². The summed E-state index contributed by atoms with van der Waals surface area (Å²) < 4.78 is 0. The minimum absolute atomic E-state index is 0.121. The van der Waals surface area contributed by atoms with Gasteiger partial charge in [0.25, 0.3) is 0 Å². The largest absolute Gasteiger partial charge is 0.550 e. The highest BCUT2D eigenvalue weighted by Gasteiger charge is 2.51. The Kier molecular flexibility index (Phi) is 3.44. The standard InChI is InChI=1S/C16H20N2O3S/c19-14(12-8-5-6-9(7-8)13(12)15(20)21)18-16-17-10-3-1-2-4-11(10)22-16/h8-9,12-13H,1-7H2,(H,20,21)(H,17,18,19)/p-1/t8-,9+,12-,13+/m1/s1. The maximum atomic E-state index is 12.6. The Balaban J connectivity index is 1.52. The molecular formula is C16H19N2O3S-. The summed E-state index contributed by atoms with van der Waals surface area (Å²) in [6.45, 7) is 0. The van der Waals surface area contributed by atoms with Gasteiger partial charge in [-0.3, -0.25) is 4.79 Å². The second kappa shape index (κ2) is 5.33. The van der Waals surface area contributed by atoms with E-state index in [9.17, 15) is 14.7 Å². The zero-order chi connectivity index (χ0) is 15.3. The van der Waals surface area contributed by atoms with E-state index in [4.69, 9.17) is 0 Å². The normalized spacial score (nSPS) is 32.7. The van der Waals surface area contributed by atoms with Crippen LogP contribution in [0.2, 0.25) is 0 Å². The highest BCUT2D eigenvalue weighted by atomic mass is 32.1. The molecule has 6 heteroatoms. The average molecular weight is 319 g/mol. The van der Waals surface area contributed by atoms with Crippen LogP contribution < -0.4 is 10.4 Å². The maximum Gasteiger partial charge on any atom is 0.230 e. The fourth-order valence-corrected chi connectivity index (χ4v) is 5.65. The topological polar surface area (TPSA) is 82.1 Å². The van der Waals surface area contributed by atoms with Crippen molar-refractivity contribution in [2.24, 2.45) is 23.7 Å². The predicted molar refractivity (Wildman–Crippen MR) is 80.2 cm³/mol. The quantitative estimate of drug-likeness (QED) is 0.912. The number of nitrogens with zero attached hydrogens (tertiary/aromatic N) is 1. The molecule has 0 spiro atoms. The van der Waals surface area contributed by atoms with Gasteiger partial charge in [-0.1, -0.05) is 0 Å². The minimum Gasteiger partial charge on any atom is -0.550 e. The SMILES string of the molecule is O=C(Nc1nc2c(s1)CCCC2)[C@@H]1[C@@H]2CC[C@@H](C2)[C@@H]1C(=O)[O-]. The van der Waals surface area contributed by atoms with E-state index in [0.717, 1.165) is 44.2 Å². The van der Waals surface area contributed by atoms with Crippen molar-refractivity contribution < 1.29 is 14.7 Å². The van der Waals surface area contributed by atoms with Crippen LogP contribution in [0.4, 0.5) is 5.13 Å². The Morgan fingerprint density at radius 3 is 2.59 bits per heavy atom. The van der Waals surface area contributed by atoms with Crippen molar-refractivity contribution in [3.8, 4) is 0 Å². The number of hydrogen-bond donors (Lipinski definition) is 1. The van der Waals surface area contributed by atoms with E-state index in [1.807, 2.05) is 0 Å². The number of amides is 1. The van der Waals surface area contributed by atoms with Crippen LogP contribution in [0.25, 0.3) is 0 Å². The van der Waals surface area contributed by atoms with Crippen LogP contribution in [0.1, 0.15) is 42.7 Å². The van der Waals surface area contributed by atoms with Gasteiger partial charge in [0.1, 0.15) is 0 Å². The molecule has 5 nitrogen and oxygen atoms in total. The monoisotopic (exact) mass is 319 g/mol. The molecule has 0 aliphatic heterocycles. The molecule has 1 aromatic rings. The summed E-state index contributed by atoms with van der Waals surface area (Å²) in [5.74, 6) is -1.98. The summed E-state index contributed by atoms with van der Waals surface area (Å²) in [5.41, 5.74) is 1.11. The van der Waals surface area contributed by atoms with Crippen molar-refractivity contribution in [1.82, 2.24) is 4.98 Å². The number of aliphatic carboxylic acids is 1. The first kappa shape index (κ1) is 14.2. The van der Waals surface area contributed by atoms with Gasteiger partial charge in [0, 0.05) is 22.7 Å². The molecule has 1 N–H and O–H groups in total. The van der Waals surface area contributed by atoms with Gasteiger partial charge in [0.2, 0.25) is 5.91 Å². The van der Waals surface area contributed by atoms with Gasteiger partial charge in [0.05, 0.1) is 5.69 Å². The van der Waals surface area contributed by atoms with Gasteiger partial charge in [-0.2, -0.15) is 0 Å². The van der Waals surface area contributed by atoms with Gasteiger partial charge >= 0.3 is 0 Å². The summed E-state index contributed by atoms with van der Waals surface area (Å²) in [6.07, 6.45) is 7.09. The van der Waals surface area contributed by atoms with Crippen molar-refractivity contribution in [1.29, 1.82) is 0 Å². The molecule has 4 atom stereocenters. The molecule has 2 fully saturated rings. The van der Waals surface area contributed by atoms with E-state index in [1.54, 1.807) is 11.3 Å². The Morgan fingerprint density at radius 1 is 1.14 bits per heavy atom. The van der Waals surface area contributed by atoms with Crippen molar-refractivity contribution in [3.05, 3.63) is 10.6 Å². The number of rotatable bonds is 3. The maximum absolute atomic E-state index is 12.6. The van der Waals surface area contributed by atoms with Gasteiger partial charge in [-0.15, -0.1) is 11.3 Å². The Hall–Kier alpha value is -1.43. The summed E-state index contributed by atoms with van der Waals surface area (Å²) in [7, 11) is 0. The van der Waals surface area contributed by atoms with Crippen molar-refractivity contribution in [2.45, 2.75) is 44.9 Å². The Bertz CT molecular complexity index is 603. The van der Waals surface area contributed by atoms with Crippen LogP contribution in [0.3, 0.4) is 0 Å². The number of thiazole rings is 1. The molecule has 0 unspecified atom stereocenters. The molecule has 3 aliphatic carbocycles. The molecule has 4 rings (SSSR count). The number of carbonyl (C=O) groups excluding carboxylic acids is 2. The number of hydrogen-bond acceptors (Lipinski definition) is 5. The number of anilines is 1. The summed E-state index contributed by atoms with van der Waals surface area (Å²) >= 11 is 1.55. The van der Waals surface area contributed by atoms with Crippen LogP contribution in [-0.4, -0.2) is 16.9 Å². The lowest BCUT2D eigenvalue weighted by Crippen LogP contribution is -2.43. The number of carboxylic acid groups (broad SMARTS) is 1. The molecule has 1 aromatic heterocycles. The lowest BCUT2D eigenvalue weighted by atomic mass is 9.79. The molecule has 3 aliphatic rings. The predicted octanol–water partition coefficient (Wildman–Crippen LogP) is 1.37. The minimum atomic E-state index is -1.06. The molecule has 0 aromatic carbocycles. The third kappa shape index (κ3) is 2.24. The molecule has 0 radical (unpaired) electrons. The number of carbonyl (C=O) groups is 2. The van der Waals surface area contributed by atoms with E-state index in [0.29, 0.717) is 5.13 Å². The summed E-state index contributed by atoms with van der Waals surface area (Å²) in [6, 6.07) is 0. The molecular weight excluding hydrogens is 300 g/mol. The van der Waals surface area contributed by atoms with Gasteiger partial charge in [0.15, 0.2) is 5.13 Å². The smallest absolute Gasteiger partial charge is 0.230 e. The van der Waals surface area contributed by atoms with Gasteiger partial charge in [-0.25, -0.2) is 4.98 Å². The fraction of sp³-hybridized carbons (Fsp3) is 0.688. The molecule has 1 amide bonds. The molecule has 118 valence electrons. The zero-order valence-electron chi connectivity index (χ0n) is 12.3. The second-order valence-corrected chi connectivity index (χ2v) is 7.87. The van der Waals surface area contributed by atoms with E-state index in [1.165, 1.54) is 11.3 Å². The first-order valence-corrected chi connectivity index (χ1v) is 8.95. The van der Waals surface area contributed by atoms with Crippen LogP contribution in [0, 0.1) is 23.7 Å². The van der Waals surface area contributed by atoms with Crippen molar-refractivity contribution >= 4 is 28.3 Å². The molecule has 0 saturated heterocycles. The number of nitrogens with one attached hydrogen (secondary N) is 1. The number of aromatic nitrogens is 1. The Morgan fingerprint density at radius 2 is 1.86 bits per heavy atom. The van der Waals surface area contributed by atoms with E-state index >= 15 is 0 Å². The van der Waals surface area contributed by atoms with Crippen molar-refractivity contribution in [3.63, 3.8) is 0 Å². The third-order valence-corrected chi connectivity index (χ3v) is 6.64. The van der Waals surface area contributed by atoms with Gasteiger partial charge in [-0.05, 0) is 56.8 Å². The first-order valence-electron chi connectivity index (χ1n) is 8.14. The fourth-order valence-electron chi connectivity index (χ4n) is 4.60. The highest BCUT2D eigenvalue weighted by Crippen LogP contribution is 2.52. The molecule has 2 bridgehead atoms. The van der Waals surface area contributed by atoms with Crippen LogP contribution in [0.15, 0.2) is 0 Å². The highest BCUT2D eigenvalue weighted by molar-refractivity contribution is 7.15. The second-order valence-electron chi connectivity index (χ2n) is 6.79. The molecule has 22 heavy (non-hydrogen) atoms. The van der Waals surface area contributed by atoms with Crippen molar-refractivity contribution in [2.75, 3.05) is 5.32 Å². The summed E-state index contributed by atoms with van der Waals surface area (Å²) in [5, 5.41) is 14.9. The van der Waals surface area contributed by atoms with Crippen LogP contribution in [0.5, 0.6) is 0 Å². The summed E-state index contributed by atoms with van der Waals surface area (Å²) in [4.78, 5) is 29.8.